The van der Waals surface area contributed by atoms with E-state index in [4.69, 9.17) is 28.3 Å². The van der Waals surface area contributed by atoms with Gasteiger partial charge in [0.15, 0.2) is 0 Å². The van der Waals surface area contributed by atoms with Gasteiger partial charge in [-0.3, -0.25) is 9.59 Å². The van der Waals surface area contributed by atoms with Crippen LogP contribution in [0.4, 0.5) is 4.39 Å². The summed E-state index contributed by atoms with van der Waals surface area (Å²) in [6.07, 6.45) is 3.67. The first-order chi connectivity index (χ1) is 15.2. The number of rotatable bonds is 5. The molecule has 1 aliphatic carbocycles. The Kier molecular flexibility index (Phi) is 6.19. The molecular formula is C24H23Cl2FN2O3. The van der Waals surface area contributed by atoms with Crippen LogP contribution in [0.15, 0.2) is 36.4 Å². The van der Waals surface area contributed by atoms with Gasteiger partial charge in [-0.05, 0) is 42.7 Å². The molecule has 1 heterocycles. The molecule has 1 saturated carbocycles. The smallest absolute Gasteiger partial charge is 0.307 e. The van der Waals surface area contributed by atoms with E-state index in [1.54, 1.807) is 41.9 Å². The second kappa shape index (κ2) is 8.75. The summed E-state index contributed by atoms with van der Waals surface area (Å²) < 4.78 is 16.9. The van der Waals surface area contributed by atoms with E-state index in [1.807, 2.05) is 0 Å². The zero-order chi connectivity index (χ0) is 23.0. The van der Waals surface area contributed by atoms with Gasteiger partial charge in [-0.15, -0.1) is 0 Å². The van der Waals surface area contributed by atoms with Crippen molar-refractivity contribution in [2.24, 2.45) is 7.05 Å². The highest BCUT2D eigenvalue weighted by atomic mass is 35.5. The maximum Gasteiger partial charge on any atom is 0.307 e. The van der Waals surface area contributed by atoms with Crippen molar-refractivity contribution in [2.45, 2.75) is 44.1 Å². The molecule has 5 nitrogen and oxygen atoms in total. The number of aryl methyl sites for hydroxylation is 1. The molecule has 0 saturated heterocycles. The summed E-state index contributed by atoms with van der Waals surface area (Å²) in [7, 11) is 1.77. The second-order valence-corrected chi connectivity index (χ2v) is 9.15. The molecule has 1 aromatic heterocycles. The van der Waals surface area contributed by atoms with E-state index >= 15 is 4.39 Å². The third-order valence-electron chi connectivity index (χ3n) is 6.31. The van der Waals surface area contributed by atoms with E-state index < -0.39 is 17.3 Å². The number of halogens is 3. The lowest BCUT2D eigenvalue weighted by Gasteiger charge is -2.39. The van der Waals surface area contributed by atoms with Crippen LogP contribution in [-0.4, -0.2) is 21.6 Å². The van der Waals surface area contributed by atoms with E-state index in [0.717, 1.165) is 24.8 Å². The van der Waals surface area contributed by atoms with Crippen LogP contribution in [0, 0.1) is 5.82 Å². The number of nitrogens with zero attached hydrogens (tertiary/aromatic N) is 1. The van der Waals surface area contributed by atoms with Gasteiger partial charge in [0.2, 0.25) is 0 Å². The molecule has 1 aliphatic rings. The van der Waals surface area contributed by atoms with Crippen molar-refractivity contribution in [3.63, 3.8) is 0 Å². The number of carbonyl (C=O) groups is 2. The Bertz CT molecular complexity index is 1220. The Labute approximate surface area is 195 Å². The summed E-state index contributed by atoms with van der Waals surface area (Å²) in [4.78, 5) is 24.4. The van der Waals surface area contributed by atoms with Crippen molar-refractivity contribution in [2.75, 3.05) is 0 Å². The van der Waals surface area contributed by atoms with Crippen molar-refractivity contribution < 1.29 is 19.1 Å². The molecule has 0 aliphatic heterocycles. The fourth-order valence-electron chi connectivity index (χ4n) is 4.70. The molecule has 2 N–H and O–H groups in total. The summed E-state index contributed by atoms with van der Waals surface area (Å²) in [6.45, 7) is 0. The lowest BCUT2D eigenvalue weighted by atomic mass is 9.76. The highest BCUT2D eigenvalue weighted by molar-refractivity contribution is 6.45. The maximum absolute atomic E-state index is 15.1. The lowest BCUT2D eigenvalue weighted by molar-refractivity contribution is -0.136. The summed E-state index contributed by atoms with van der Waals surface area (Å²) in [5, 5.41) is 13.6. The number of aromatic nitrogens is 1. The highest BCUT2D eigenvalue weighted by Crippen LogP contribution is 2.39. The summed E-state index contributed by atoms with van der Waals surface area (Å²) in [5.74, 6) is -1.85. The van der Waals surface area contributed by atoms with E-state index in [9.17, 15) is 9.59 Å². The normalized spacial score (nSPS) is 15.6. The van der Waals surface area contributed by atoms with Gasteiger partial charge in [0.05, 0.1) is 22.0 Å². The maximum atomic E-state index is 15.1. The average molecular weight is 477 g/mol. The third-order valence-corrected chi connectivity index (χ3v) is 7.13. The fraction of sp³-hybridized carbons (Fsp3) is 0.333. The van der Waals surface area contributed by atoms with Crippen LogP contribution < -0.4 is 5.32 Å². The first-order valence-corrected chi connectivity index (χ1v) is 11.2. The minimum absolute atomic E-state index is 0.254. The Morgan fingerprint density at radius 3 is 2.50 bits per heavy atom. The minimum Gasteiger partial charge on any atom is -0.481 e. The first kappa shape index (κ1) is 22.6. The van der Waals surface area contributed by atoms with Gasteiger partial charge in [-0.1, -0.05) is 54.6 Å². The van der Waals surface area contributed by atoms with Gasteiger partial charge in [0, 0.05) is 23.5 Å². The topological polar surface area (TPSA) is 71.3 Å². The van der Waals surface area contributed by atoms with E-state index in [0.29, 0.717) is 45.1 Å². The second-order valence-electron chi connectivity index (χ2n) is 8.36. The van der Waals surface area contributed by atoms with Crippen molar-refractivity contribution in [1.82, 2.24) is 9.88 Å². The van der Waals surface area contributed by atoms with Crippen molar-refractivity contribution in [1.29, 1.82) is 0 Å². The monoisotopic (exact) mass is 476 g/mol. The van der Waals surface area contributed by atoms with Crippen LogP contribution >= 0.6 is 23.2 Å². The van der Waals surface area contributed by atoms with Gasteiger partial charge in [0.1, 0.15) is 11.5 Å². The quantitative estimate of drug-likeness (QED) is 0.485. The number of carbonyl (C=O) groups excluding carboxylic acids is 1. The molecule has 168 valence electrons. The minimum atomic E-state index is -1.02. The Morgan fingerprint density at radius 2 is 1.84 bits per heavy atom. The molecule has 0 bridgehead atoms. The Hall–Kier alpha value is -2.57. The van der Waals surface area contributed by atoms with Gasteiger partial charge >= 0.3 is 5.97 Å². The largest absolute Gasteiger partial charge is 0.481 e. The molecule has 1 fully saturated rings. The summed E-state index contributed by atoms with van der Waals surface area (Å²) in [6, 6.07) is 9.67. The van der Waals surface area contributed by atoms with Crippen molar-refractivity contribution in [3.05, 3.63) is 69.1 Å². The van der Waals surface area contributed by atoms with Crippen molar-refractivity contribution >= 4 is 46.0 Å². The number of fused-ring (bicyclic) bond motifs is 1. The molecule has 3 aromatic rings. The van der Waals surface area contributed by atoms with Crippen LogP contribution in [-0.2, 0) is 23.8 Å². The SMILES string of the molecule is Cn1c(C(=O)NC2(c3ccc(CC(=O)O)cc3F)CCCCC2)cc2c(Cl)c(Cl)ccc21. The number of aliphatic carboxylic acids is 1. The van der Waals surface area contributed by atoms with Gasteiger partial charge in [-0.2, -0.15) is 0 Å². The van der Waals surface area contributed by atoms with E-state index in [1.165, 1.54) is 6.07 Å². The Balaban J connectivity index is 1.72. The standard InChI is InChI=1S/C24H23Cl2FN2O3/c1-29-19-8-7-17(25)22(26)15(19)13-20(29)23(32)28-24(9-3-2-4-10-24)16-6-5-14(11-18(16)27)12-21(30)31/h5-8,11,13H,2-4,9-10,12H2,1H3,(H,28,32)(H,30,31). The molecular weight excluding hydrogens is 454 g/mol. The van der Waals surface area contributed by atoms with Crippen LogP contribution in [0.2, 0.25) is 10.0 Å². The van der Waals surface area contributed by atoms with Crippen LogP contribution in [0.1, 0.15) is 53.7 Å². The van der Waals surface area contributed by atoms with E-state index in [-0.39, 0.29) is 12.3 Å². The van der Waals surface area contributed by atoms with E-state index in [2.05, 4.69) is 5.32 Å². The highest BCUT2D eigenvalue weighted by Gasteiger charge is 2.38. The number of hydrogen-bond acceptors (Lipinski definition) is 2. The van der Waals surface area contributed by atoms with Crippen LogP contribution in [0.25, 0.3) is 10.9 Å². The number of carboxylic acid groups (broad SMARTS) is 1. The molecule has 32 heavy (non-hydrogen) atoms. The van der Waals surface area contributed by atoms with Crippen molar-refractivity contribution in [3.8, 4) is 0 Å². The number of nitrogens with one attached hydrogen (secondary N) is 1. The molecule has 0 radical (unpaired) electrons. The lowest BCUT2D eigenvalue weighted by Crippen LogP contribution is -2.48. The predicted octanol–water partition coefficient (Wildman–Crippen LogP) is 5.84. The zero-order valence-corrected chi connectivity index (χ0v) is 19.1. The molecule has 0 unspecified atom stereocenters. The molecule has 0 spiro atoms. The van der Waals surface area contributed by atoms with Crippen LogP contribution in [0.5, 0.6) is 0 Å². The summed E-state index contributed by atoms with van der Waals surface area (Å²) >= 11 is 12.5. The number of carboxylic acids is 1. The third kappa shape index (κ3) is 4.09. The summed E-state index contributed by atoms with van der Waals surface area (Å²) in [5.41, 5.74) is 1.08. The number of benzene rings is 2. The van der Waals surface area contributed by atoms with Gasteiger partial charge in [0.25, 0.3) is 5.91 Å². The molecule has 4 rings (SSSR count). The predicted molar refractivity (Wildman–Crippen MR) is 123 cm³/mol. The fourth-order valence-corrected chi connectivity index (χ4v) is 5.08. The molecule has 8 heteroatoms. The van der Waals surface area contributed by atoms with Gasteiger partial charge < -0.3 is 15.0 Å². The zero-order valence-electron chi connectivity index (χ0n) is 17.6. The van der Waals surface area contributed by atoms with Gasteiger partial charge in [-0.25, -0.2) is 4.39 Å². The molecule has 1 amide bonds. The molecule has 0 atom stereocenters. The van der Waals surface area contributed by atoms with Crippen LogP contribution in [0.3, 0.4) is 0 Å². The first-order valence-electron chi connectivity index (χ1n) is 10.5. The molecule has 2 aromatic carbocycles. The number of hydrogen-bond donors (Lipinski definition) is 2. The Morgan fingerprint density at radius 1 is 1.12 bits per heavy atom. The average Bonchev–Trinajstić information content (AvgIpc) is 3.08. The number of amides is 1.